The van der Waals surface area contributed by atoms with Gasteiger partial charge in [-0.25, -0.2) is 0 Å². The van der Waals surface area contributed by atoms with Crippen LogP contribution in [0.25, 0.3) is 0 Å². The second kappa shape index (κ2) is 4.01. The standard InChI is InChI=1S/C10H10N4O2/c1-7-6-9(13-12-7)11-10(15)8-2-4-14(16)5-3-8/h2-6H,1H3,(H2,11,12,13,15). The van der Waals surface area contributed by atoms with Gasteiger partial charge in [0.15, 0.2) is 18.2 Å². The maximum atomic E-state index is 11.7. The molecule has 2 heterocycles. The van der Waals surface area contributed by atoms with Crippen LogP contribution in [0.15, 0.2) is 30.6 Å². The number of carbonyl (C=O) groups excluding carboxylic acids is 1. The van der Waals surface area contributed by atoms with Gasteiger partial charge in [-0.2, -0.15) is 9.83 Å². The third-order valence-corrected chi connectivity index (χ3v) is 2.01. The van der Waals surface area contributed by atoms with E-state index in [1.165, 1.54) is 24.5 Å². The number of nitrogens with zero attached hydrogens (tertiary/aromatic N) is 2. The van der Waals surface area contributed by atoms with Gasteiger partial charge in [0.1, 0.15) is 0 Å². The van der Waals surface area contributed by atoms with Gasteiger partial charge in [0.05, 0.1) is 5.56 Å². The molecule has 0 aromatic carbocycles. The summed E-state index contributed by atoms with van der Waals surface area (Å²) in [6, 6.07) is 4.61. The molecular weight excluding hydrogens is 208 g/mol. The molecule has 0 unspecified atom stereocenters. The maximum absolute atomic E-state index is 11.7. The molecule has 0 aliphatic carbocycles. The molecule has 1 amide bonds. The first kappa shape index (κ1) is 10.2. The molecule has 6 nitrogen and oxygen atoms in total. The lowest BCUT2D eigenvalue weighted by molar-refractivity contribution is -0.605. The molecule has 0 saturated carbocycles. The highest BCUT2D eigenvalue weighted by Crippen LogP contribution is 2.06. The van der Waals surface area contributed by atoms with Crippen molar-refractivity contribution in [3.8, 4) is 0 Å². The maximum Gasteiger partial charge on any atom is 0.257 e. The highest BCUT2D eigenvalue weighted by molar-refractivity contribution is 6.03. The highest BCUT2D eigenvalue weighted by Gasteiger charge is 2.08. The molecule has 2 rings (SSSR count). The van der Waals surface area contributed by atoms with E-state index >= 15 is 0 Å². The fraction of sp³-hybridized carbons (Fsp3) is 0.100. The van der Waals surface area contributed by atoms with Crippen LogP contribution in [0.2, 0.25) is 0 Å². The van der Waals surface area contributed by atoms with Gasteiger partial charge < -0.3 is 10.5 Å². The average Bonchev–Trinajstić information content (AvgIpc) is 2.65. The van der Waals surface area contributed by atoms with E-state index in [0.29, 0.717) is 16.1 Å². The first-order valence-corrected chi connectivity index (χ1v) is 4.67. The number of anilines is 1. The summed E-state index contributed by atoms with van der Waals surface area (Å²) in [7, 11) is 0. The van der Waals surface area contributed by atoms with E-state index in [2.05, 4.69) is 15.5 Å². The first-order chi connectivity index (χ1) is 7.65. The molecule has 2 aromatic rings. The van der Waals surface area contributed by atoms with Gasteiger partial charge in [0.25, 0.3) is 5.91 Å². The number of rotatable bonds is 2. The van der Waals surface area contributed by atoms with Crippen LogP contribution in [0.1, 0.15) is 16.1 Å². The Morgan fingerprint density at radius 2 is 2.19 bits per heavy atom. The Labute approximate surface area is 91.5 Å². The Bertz CT molecular complexity index is 504. The van der Waals surface area contributed by atoms with Crippen LogP contribution in [-0.4, -0.2) is 16.1 Å². The fourth-order valence-electron chi connectivity index (χ4n) is 1.23. The molecule has 2 aromatic heterocycles. The number of H-pyrrole nitrogens is 1. The van der Waals surface area contributed by atoms with Crippen LogP contribution < -0.4 is 10.0 Å². The third-order valence-electron chi connectivity index (χ3n) is 2.01. The minimum absolute atomic E-state index is 0.299. The normalized spacial score (nSPS) is 10.1. The van der Waals surface area contributed by atoms with Gasteiger partial charge in [0, 0.05) is 23.9 Å². The summed E-state index contributed by atoms with van der Waals surface area (Å²) in [4.78, 5) is 11.7. The zero-order chi connectivity index (χ0) is 11.5. The van der Waals surface area contributed by atoms with Gasteiger partial charge in [-0.1, -0.05) is 0 Å². The topological polar surface area (TPSA) is 84.7 Å². The number of hydrogen-bond donors (Lipinski definition) is 2. The van der Waals surface area contributed by atoms with Crippen molar-refractivity contribution in [2.45, 2.75) is 6.92 Å². The molecule has 0 saturated heterocycles. The monoisotopic (exact) mass is 218 g/mol. The predicted molar refractivity (Wildman–Crippen MR) is 56.7 cm³/mol. The third kappa shape index (κ3) is 2.17. The quantitative estimate of drug-likeness (QED) is 0.572. The minimum atomic E-state index is -0.299. The van der Waals surface area contributed by atoms with Crippen molar-refractivity contribution in [3.63, 3.8) is 0 Å². The smallest absolute Gasteiger partial charge is 0.257 e. The van der Waals surface area contributed by atoms with Crippen molar-refractivity contribution >= 4 is 11.7 Å². The Balaban J connectivity index is 2.11. The summed E-state index contributed by atoms with van der Waals surface area (Å²) in [5, 5.41) is 20.0. The van der Waals surface area contributed by atoms with E-state index in [0.717, 1.165) is 5.69 Å². The van der Waals surface area contributed by atoms with Gasteiger partial charge >= 0.3 is 0 Å². The number of pyridine rings is 1. The van der Waals surface area contributed by atoms with Gasteiger partial charge in [-0.05, 0) is 6.92 Å². The molecule has 0 aliphatic heterocycles. The van der Waals surface area contributed by atoms with Crippen molar-refractivity contribution in [1.29, 1.82) is 0 Å². The van der Waals surface area contributed by atoms with Gasteiger partial charge in [0.2, 0.25) is 0 Å². The van der Waals surface area contributed by atoms with Gasteiger partial charge in [-0.15, -0.1) is 0 Å². The molecule has 0 spiro atoms. The largest absolute Gasteiger partial charge is 0.619 e. The lowest BCUT2D eigenvalue weighted by Crippen LogP contribution is -2.25. The van der Waals surface area contributed by atoms with Crippen molar-refractivity contribution < 1.29 is 9.52 Å². The summed E-state index contributed by atoms with van der Waals surface area (Å²) < 4.78 is 0.621. The molecule has 0 bridgehead atoms. The molecule has 16 heavy (non-hydrogen) atoms. The second-order valence-electron chi connectivity index (χ2n) is 3.34. The molecule has 0 radical (unpaired) electrons. The highest BCUT2D eigenvalue weighted by atomic mass is 16.5. The van der Waals surface area contributed by atoms with Crippen molar-refractivity contribution in [1.82, 2.24) is 10.2 Å². The summed E-state index contributed by atoms with van der Waals surface area (Å²) >= 11 is 0. The number of nitrogens with one attached hydrogen (secondary N) is 2. The van der Waals surface area contributed by atoms with Crippen LogP contribution >= 0.6 is 0 Å². The van der Waals surface area contributed by atoms with Crippen LogP contribution in [0.5, 0.6) is 0 Å². The number of aryl methyl sites for hydroxylation is 1. The van der Waals surface area contributed by atoms with Crippen molar-refractivity contribution in [2.75, 3.05) is 5.32 Å². The molecule has 82 valence electrons. The Morgan fingerprint density at radius 1 is 1.50 bits per heavy atom. The second-order valence-corrected chi connectivity index (χ2v) is 3.34. The first-order valence-electron chi connectivity index (χ1n) is 4.67. The molecule has 0 aliphatic rings. The van der Waals surface area contributed by atoms with E-state index in [1.807, 2.05) is 6.92 Å². The van der Waals surface area contributed by atoms with Crippen LogP contribution in [0.3, 0.4) is 0 Å². The van der Waals surface area contributed by atoms with E-state index in [-0.39, 0.29) is 5.91 Å². The number of carbonyl (C=O) groups is 1. The van der Waals surface area contributed by atoms with E-state index in [4.69, 9.17) is 0 Å². The number of aromatic nitrogens is 3. The lowest BCUT2D eigenvalue weighted by Gasteiger charge is -2.01. The zero-order valence-corrected chi connectivity index (χ0v) is 8.60. The minimum Gasteiger partial charge on any atom is -0.619 e. The summed E-state index contributed by atoms with van der Waals surface area (Å²) in [6.45, 7) is 1.84. The van der Waals surface area contributed by atoms with E-state index in [9.17, 15) is 10.0 Å². The SMILES string of the molecule is Cc1cc(NC(=O)c2cc[n+]([O-])cc2)n[nH]1. The van der Waals surface area contributed by atoms with E-state index < -0.39 is 0 Å². The molecule has 0 atom stereocenters. The lowest BCUT2D eigenvalue weighted by atomic mass is 10.2. The van der Waals surface area contributed by atoms with Crippen molar-refractivity contribution in [3.05, 3.63) is 47.1 Å². The Morgan fingerprint density at radius 3 is 2.75 bits per heavy atom. The Hall–Kier alpha value is -2.37. The molecule has 6 heteroatoms. The predicted octanol–water partition coefficient (Wildman–Crippen LogP) is 0.604. The van der Waals surface area contributed by atoms with Crippen LogP contribution in [-0.2, 0) is 0 Å². The molecular formula is C10H10N4O2. The molecule has 2 N–H and O–H groups in total. The number of amides is 1. The van der Waals surface area contributed by atoms with Gasteiger partial charge in [-0.3, -0.25) is 9.89 Å². The Kier molecular flexibility index (Phi) is 2.55. The van der Waals surface area contributed by atoms with Crippen molar-refractivity contribution in [2.24, 2.45) is 0 Å². The van der Waals surface area contributed by atoms with E-state index in [1.54, 1.807) is 6.07 Å². The number of hydrogen-bond acceptors (Lipinski definition) is 3. The summed E-state index contributed by atoms with van der Waals surface area (Å²) in [5.41, 5.74) is 1.27. The fourth-order valence-corrected chi connectivity index (χ4v) is 1.23. The van der Waals surface area contributed by atoms with Crippen LogP contribution in [0, 0.1) is 12.1 Å². The summed E-state index contributed by atoms with van der Waals surface area (Å²) in [6.07, 6.45) is 2.54. The summed E-state index contributed by atoms with van der Waals surface area (Å²) in [5.74, 6) is 0.161. The number of aromatic amines is 1. The molecule has 0 fully saturated rings. The average molecular weight is 218 g/mol. The zero-order valence-electron chi connectivity index (χ0n) is 8.60. The van der Waals surface area contributed by atoms with Crippen LogP contribution in [0.4, 0.5) is 5.82 Å².